The fourth-order valence-electron chi connectivity index (χ4n) is 2.27. The van der Waals surface area contributed by atoms with Gasteiger partial charge in [-0.1, -0.05) is 12.8 Å². The number of nitrogens with two attached hydrogens (primary N) is 1. The van der Waals surface area contributed by atoms with E-state index in [0.29, 0.717) is 12.5 Å². The topological polar surface area (TPSA) is 75.3 Å². The monoisotopic (exact) mass is 236 g/mol. The summed E-state index contributed by atoms with van der Waals surface area (Å²) in [5.74, 6) is 0.703. The molecule has 17 heavy (non-hydrogen) atoms. The SMILES string of the molecule is NCc1ccnc(N2CCCCCC2CO)n1. The Bertz CT molecular complexity index is 358. The summed E-state index contributed by atoms with van der Waals surface area (Å²) in [6.07, 6.45) is 6.26. The molecule has 1 aliphatic rings. The van der Waals surface area contributed by atoms with E-state index in [4.69, 9.17) is 5.73 Å². The zero-order valence-electron chi connectivity index (χ0n) is 10.0. The van der Waals surface area contributed by atoms with E-state index in [1.807, 2.05) is 6.07 Å². The van der Waals surface area contributed by atoms with Gasteiger partial charge in [-0.25, -0.2) is 9.97 Å². The minimum atomic E-state index is 0.144. The molecule has 1 aliphatic heterocycles. The second-order valence-corrected chi connectivity index (χ2v) is 4.43. The van der Waals surface area contributed by atoms with Crippen molar-refractivity contribution in [1.29, 1.82) is 0 Å². The number of hydrogen-bond acceptors (Lipinski definition) is 5. The predicted octanol–water partition coefficient (Wildman–Crippen LogP) is 0.677. The molecule has 0 saturated carbocycles. The normalized spacial score (nSPS) is 21.3. The van der Waals surface area contributed by atoms with Crippen LogP contribution in [0.25, 0.3) is 0 Å². The van der Waals surface area contributed by atoms with Crippen molar-refractivity contribution in [2.24, 2.45) is 5.73 Å². The Kier molecular flexibility index (Phi) is 4.28. The molecule has 1 saturated heterocycles. The maximum atomic E-state index is 9.45. The number of aliphatic hydroxyl groups is 1. The molecule has 2 rings (SSSR count). The molecule has 1 atom stereocenters. The number of aliphatic hydroxyl groups excluding tert-OH is 1. The van der Waals surface area contributed by atoms with Crippen LogP contribution in [0.1, 0.15) is 31.4 Å². The second kappa shape index (κ2) is 5.93. The molecule has 94 valence electrons. The van der Waals surface area contributed by atoms with Crippen molar-refractivity contribution in [3.8, 4) is 0 Å². The van der Waals surface area contributed by atoms with Crippen LogP contribution >= 0.6 is 0 Å². The summed E-state index contributed by atoms with van der Waals surface area (Å²) in [7, 11) is 0. The summed E-state index contributed by atoms with van der Waals surface area (Å²) in [4.78, 5) is 10.8. The summed E-state index contributed by atoms with van der Waals surface area (Å²) in [5, 5.41) is 9.45. The van der Waals surface area contributed by atoms with Crippen molar-refractivity contribution in [1.82, 2.24) is 9.97 Å². The van der Waals surface area contributed by atoms with Gasteiger partial charge in [-0.2, -0.15) is 0 Å². The van der Waals surface area contributed by atoms with Crippen molar-refractivity contribution in [3.05, 3.63) is 18.0 Å². The van der Waals surface area contributed by atoms with Crippen LogP contribution in [0.2, 0.25) is 0 Å². The molecule has 0 radical (unpaired) electrons. The Hall–Kier alpha value is -1.20. The lowest BCUT2D eigenvalue weighted by molar-refractivity contribution is 0.254. The van der Waals surface area contributed by atoms with Gasteiger partial charge in [-0.3, -0.25) is 0 Å². The molecule has 0 bridgehead atoms. The third-order valence-corrected chi connectivity index (χ3v) is 3.25. The van der Waals surface area contributed by atoms with Gasteiger partial charge in [0.1, 0.15) is 0 Å². The number of rotatable bonds is 3. The number of nitrogens with zero attached hydrogens (tertiary/aromatic N) is 3. The minimum absolute atomic E-state index is 0.144. The standard InChI is InChI=1S/C12H20N4O/c13-8-10-5-6-14-12(15-10)16-7-3-1-2-4-11(16)9-17/h5-6,11,17H,1-4,7-9,13H2. The van der Waals surface area contributed by atoms with Crippen molar-refractivity contribution >= 4 is 5.95 Å². The van der Waals surface area contributed by atoms with E-state index in [-0.39, 0.29) is 12.6 Å². The number of hydrogen-bond donors (Lipinski definition) is 2. The molecule has 5 nitrogen and oxygen atoms in total. The largest absolute Gasteiger partial charge is 0.394 e. The van der Waals surface area contributed by atoms with Crippen LogP contribution in [0.3, 0.4) is 0 Å². The highest BCUT2D eigenvalue weighted by Crippen LogP contribution is 2.20. The molecule has 0 aliphatic carbocycles. The molecule has 1 aromatic heterocycles. The highest BCUT2D eigenvalue weighted by atomic mass is 16.3. The molecular weight excluding hydrogens is 216 g/mol. The van der Waals surface area contributed by atoms with E-state index in [0.717, 1.165) is 31.5 Å². The molecule has 1 aromatic rings. The maximum absolute atomic E-state index is 9.45. The van der Waals surface area contributed by atoms with Gasteiger partial charge in [0, 0.05) is 19.3 Å². The van der Waals surface area contributed by atoms with Gasteiger partial charge in [0.2, 0.25) is 5.95 Å². The first-order valence-corrected chi connectivity index (χ1v) is 6.24. The molecule has 1 fully saturated rings. The second-order valence-electron chi connectivity index (χ2n) is 4.43. The average Bonchev–Trinajstić information content (AvgIpc) is 2.63. The van der Waals surface area contributed by atoms with Gasteiger partial charge in [-0.15, -0.1) is 0 Å². The van der Waals surface area contributed by atoms with Gasteiger partial charge < -0.3 is 15.7 Å². The fraction of sp³-hybridized carbons (Fsp3) is 0.667. The van der Waals surface area contributed by atoms with Crippen molar-refractivity contribution < 1.29 is 5.11 Å². The first kappa shape index (κ1) is 12.3. The highest BCUT2D eigenvalue weighted by Gasteiger charge is 2.22. The van der Waals surface area contributed by atoms with Gasteiger partial charge >= 0.3 is 0 Å². The molecule has 2 heterocycles. The summed E-state index contributed by atoms with van der Waals surface area (Å²) in [6, 6.07) is 1.97. The van der Waals surface area contributed by atoms with Crippen molar-refractivity contribution in [2.75, 3.05) is 18.1 Å². The lowest BCUT2D eigenvalue weighted by Gasteiger charge is -2.28. The van der Waals surface area contributed by atoms with Crippen LogP contribution in [0, 0.1) is 0 Å². The first-order chi connectivity index (χ1) is 8.35. The summed E-state index contributed by atoms with van der Waals surface area (Å²) in [5.41, 5.74) is 6.43. The fourth-order valence-corrected chi connectivity index (χ4v) is 2.27. The van der Waals surface area contributed by atoms with Crippen LogP contribution in [-0.4, -0.2) is 34.3 Å². The summed E-state index contributed by atoms with van der Waals surface area (Å²) < 4.78 is 0. The van der Waals surface area contributed by atoms with Crippen LogP contribution in [-0.2, 0) is 6.54 Å². The van der Waals surface area contributed by atoms with Gasteiger partial charge in [0.15, 0.2) is 0 Å². The van der Waals surface area contributed by atoms with Crippen LogP contribution < -0.4 is 10.6 Å². The minimum Gasteiger partial charge on any atom is -0.394 e. The molecule has 1 unspecified atom stereocenters. The quantitative estimate of drug-likeness (QED) is 0.807. The molecule has 0 aromatic carbocycles. The molecule has 5 heteroatoms. The maximum Gasteiger partial charge on any atom is 0.225 e. The molecule has 0 spiro atoms. The summed E-state index contributed by atoms with van der Waals surface area (Å²) >= 11 is 0. The number of anilines is 1. The van der Waals surface area contributed by atoms with Gasteiger partial charge in [-0.05, 0) is 18.9 Å². The Balaban J connectivity index is 2.21. The lowest BCUT2D eigenvalue weighted by Crippen LogP contribution is -2.38. The third-order valence-electron chi connectivity index (χ3n) is 3.25. The third kappa shape index (κ3) is 2.92. The smallest absolute Gasteiger partial charge is 0.225 e. The molecule has 3 N–H and O–H groups in total. The Labute approximate surface area is 102 Å². The average molecular weight is 236 g/mol. The zero-order valence-corrected chi connectivity index (χ0v) is 10.0. The van der Waals surface area contributed by atoms with E-state index in [1.54, 1.807) is 6.20 Å². The Morgan fingerprint density at radius 3 is 3.06 bits per heavy atom. The van der Waals surface area contributed by atoms with E-state index >= 15 is 0 Å². The molecular formula is C12H20N4O. The predicted molar refractivity (Wildman–Crippen MR) is 66.6 cm³/mol. The van der Waals surface area contributed by atoms with E-state index in [9.17, 15) is 5.11 Å². The van der Waals surface area contributed by atoms with Crippen LogP contribution in [0.5, 0.6) is 0 Å². The zero-order chi connectivity index (χ0) is 12.1. The van der Waals surface area contributed by atoms with Crippen LogP contribution in [0.15, 0.2) is 12.3 Å². The highest BCUT2D eigenvalue weighted by molar-refractivity contribution is 5.32. The van der Waals surface area contributed by atoms with Gasteiger partial charge in [0.05, 0.1) is 18.3 Å². The summed E-state index contributed by atoms with van der Waals surface area (Å²) in [6.45, 7) is 1.50. The Morgan fingerprint density at radius 1 is 1.41 bits per heavy atom. The number of aromatic nitrogens is 2. The van der Waals surface area contributed by atoms with Crippen molar-refractivity contribution in [3.63, 3.8) is 0 Å². The van der Waals surface area contributed by atoms with E-state index in [1.165, 1.54) is 6.42 Å². The van der Waals surface area contributed by atoms with E-state index < -0.39 is 0 Å². The Morgan fingerprint density at radius 2 is 2.29 bits per heavy atom. The first-order valence-electron chi connectivity index (χ1n) is 6.24. The molecule has 0 amide bonds. The lowest BCUT2D eigenvalue weighted by atomic mass is 10.1. The van der Waals surface area contributed by atoms with Crippen LogP contribution in [0.4, 0.5) is 5.95 Å². The van der Waals surface area contributed by atoms with Gasteiger partial charge in [0.25, 0.3) is 0 Å². The van der Waals surface area contributed by atoms with E-state index in [2.05, 4.69) is 14.9 Å². The van der Waals surface area contributed by atoms with Crippen molar-refractivity contribution in [2.45, 2.75) is 38.3 Å².